The maximum atomic E-state index is 12.0. The van der Waals surface area contributed by atoms with E-state index in [1.165, 1.54) is 18.2 Å². The Morgan fingerprint density at radius 1 is 1.05 bits per heavy atom. The van der Waals surface area contributed by atoms with Crippen LogP contribution in [0.15, 0.2) is 24.3 Å². The van der Waals surface area contributed by atoms with Crippen LogP contribution in [0.4, 0.5) is 0 Å². The molecule has 1 fully saturated rings. The Morgan fingerprint density at radius 2 is 1.68 bits per heavy atom. The number of amides is 1. The predicted octanol–water partition coefficient (Wildman–Crippen LogP) is 1.59. The second-order valence-corrected chi connectivity index (χ2v) is 5.72. The van der Waals surface area contributed by atoms with Crippen molar-refractivity contribution in [1.82, 2.24) is 9.80 Å². The Bertz CT molecular complexity index is 505. The summed E-state index contributed by atoms with van der Waals surface area (Å²) in [7, 11) is 1.34. The summed E-state index contributed by atoms with van der Waals surface area (Å²) in [6.45, 7) is 6.21. The van der Waals surface area contributed by atoms with Crippen LogP contribution in [0.2, 0.25) is 0 Å². The Balaban J connectivity index is 1.74. The molecule has 1 saturated heterocycles. The van der Waals surface area contributed by atoms with Crippen LogP contribution in [-0.2, 0) is 20.9 Å². The molecule has 1 aromatic carbocycles. The third-order valence-electron chi connectivity index (χ3n) is 4.02. The zero-order chi connectivity index (χ0) is 15.9. The molecule has 0 N–H and O–H groups in total. The van der Waals surface area contributed by atoms with Gasteiger partial charge in [-0.2, -0.15) is 0 Å². The molecule has 0 bridgehead atoms. The molecule has 22 heavy (non-hydrogen) atoms. The van der Waals surface area contributed by atoms with Crippen LogP contribution in [-0.4, -0.2) is 55.0 Å². The summed E-state index contributed by atoms with van der Waals surface area (Å²) >= 11 is 0. The van der Waals surface area contributed by atoms with Crippen molar-refractivity contribution < 1.29 is 14.3 Å². The lowest BCUT2D eigenvalue weighted by Gasteiger charge is -2.34. The molecule has 120 valence electrons. The SMILES string of the molecule is COC(=O)CCC(=O)N1CCN(Cc2ccc(C)cc2)CC1. The van der Waals surface area contributed by atoms with E-state index in [0.29, 0.717) is 0 Å². The number of carbonyl (C=O) groups is 2. The number of nitrogens with zero attached hydrogens (tertiary/aromatic N) is 2. The quantitative estimate of drug-likeness (QED) is 0.775. The van der Waals surface area contributed by atoms with Crippen LogP contribution >= 0.6 is 0 Å². The molecule has 0 aliphatic carbocycles. The number of piperazine rings is 1. The third kappa shape index (κ3) is 4.84. The van der Waals surface area contributed by atoms with E-state index in [9.17, 15) is 9.59 Å². The van der Waals surface area contributed by atoms with E-state index in [-0.39, 0.29) is 24.7 Å². The fourth-order valence-corrected chi connectivity index (χ4v) is 2.58. The van der Waals surface area contributed by atoms with Crippen molar-refractivity contribution in [2.75, 3.05) is 33.3 Å². The summed E-state index contributed by atoms with van der Waals surface area (Å²) in [6, 6.07) is 8.57. The lowest BCUT2D eigenvalue weighted by atomic mass is 10.1. The predicted molar refractivity (Wildman–Crippen MR) is 84.3 cm³/mol. The zero-order valence-electron chi connectivity index (χ0n) is 13.4. The summed E-state index contributed by atoms with van der Waals surface area (Å²) in [5.41, 5.74) is 2.57. The molecule has 1 aliphatic heterocycles. The number of ether oxygens (including phenoxy) is 1. The molecule has 0 radical (unpaired) electrons. The largest absolute Gasteiger partial charge is 0.469 e. The highest BCUT2D eigenvalue weighted by Gasteiger charge is 2.21. The minimum absolute atomic E-state index is 0.0420. The fraction of sp³-hybridized carbons (Fsp3) is 0.529. The maximum absolute atomic E-state index is 12.0. The molecule has 0 unspecified atom stereocenters. The van der Waals surface area contributed by atoms with Crippen LogP contribution in [0.3, 0.4) is 0 Å². The van der Waals surface area contributed by atoms with Gasteiger partial charge in [-0.25, -0.2) is 0 Å². The van der Waals surface area contributed by atoms with E-state index in [0.717, 1.165) is 32.7 Å². The van der Waals surface area contributed by atoms with Crippen molar-refractivity contribution in [2.45, 2.75) is 26.3 Å². The maximum Gasteiger partial charge on any atom is 0.306 e. The van der Waals surface area contributed by atoms with Crippen LogP contribution in [0.1, 0.15) is 24.0 Å². The summed E-state index contributed by atoms with van der Waals surface area (Å²) in [5.74, 6) is -0.285. The second-order valence-electron chi connectivity index (χ2n) is 5.72. The van der Waals surface area contributed by atoms with Gasteiger partial charge in [0, 0.05) is 39.1 Å². The van der Waals surface area contributed by atoms with E-state index in [1.54, 1.807) is 0 Å². The van der Waals surface area contributed by atoms with Crippen molar-refractivity contribution in [3.05, 3.63) is 35.4 Å². The minimum atomic E-state index is -0.327. The first-order valence-corrected chi connectivity index (χ1v) is 7.71. The molecule has 0 aromatic heterocycles. The van der Waals surface area contributed by atoms with Gasteiger partial charge in [0.25, 0.3) is 0 Å². The number of benzene rings is 1. The Labute approximate surface area is 131 Å². The number of methoxy groups -OCH3 is 1. The molecule has 1 heterocycles. The average molecular weight is 304 g/mol. The van der Waals surface area contributed by atoms with Crippen LogP contribution in [0.5, 0.6) is 0 Å². The van der Waals surface area contributed by atoms with E-state index < -0.39 is 0 Å². The van der Waals surface area contributed by atoms with E-state index in [4.69, 9.17) is 0 Å². The lowest BCUT2D eigenvalue weighted by Crippen LogP contribution is -2.48. The number of hydrogen-bond donors (Lipinski definition) is 0. The first-order chi connectivity index (χ1) is 10.6. The van der Waals surface area contributed by atoms with Crippen LogP contribution in [0.25, 0.3) is 0 Å². The van der Waals surface area contributed by atoms with Crippen molar-refractivity contribution in [3.8, 4) is 0 Å². The fourth-order valence-electron chi connectivity index (χ4n) is 2.58. The average Bonchev–Trinajstić information content (AvgIpc) is 2.55. The smallest absolute Gasteiger partial charge is 0.306 e. The standard InChI is InChI=1S/C17H24N2O3/c1-14-3-5-15(6-4-14)13-18-9-11-19(12-10-18)16(20)7-8-17(21)22-2/h3-6H,7-13H2,1-2H3. The summed E-state index contributed by atoms with van der Waals surface area (Å²) in [6.07, 6.45) is 0.406. The van der Waals surface area contributed by atoms with Crippen LogP contribution in [0, 0.1) is 6.92 Å². The molecule has 5 nitrogen and oxygen atoms in total. The Hall–Kier alpha value is -1.88. The molecule has 1 amide bonds. The molecule has 1 aromatic rings. The van der Waals surface area contributed by atoms with Gasteiger partial charge in [-0.15, -0.1) is 0 Å². The number of hydrogen-bond acceptors (Lipinski definition) is 4. The van der Waals surface area contributed by atoms with Gasteiger partial charge >= 0.3 is 5.97 Å². The van der Waals surface area contributed by atoms with Crippen molar-refractivity contribution in [2.24, 2.45) is 0 Å². The molecule has 0 spiro atoms. The van der Waals surface area contributed by atoms with Crippen molar-refractivity contribution >= 4 is 11.9 Å². The number of carbonyl (C=O) groups excluding carboxylic acids is 2. The molecular weight excluding hydrogens is 280 g/mol. The highest BCUT2D eigenvalue weighted by Crippen LogP contribution is 2.11. The summed E-state index contributed by atoms with van der Waals surface area (Å²) in [4.78, 5) is 27.3. The van der Waals surface area contributed by atoms with Crippen LogP contribution < -0.4 is 0 Å². The van der Waals surface area contributed by atoms with Gasteiger partial charge in [0.2, 0.25) is 5.91 Å². The number of rotatable bonds is 5. The van der Waals surface area contributed by atoms with Gasteiger partial charge < -0.3 is 9.64 Å². The van der Waals surface area contributed by atoms with Gasteiger partial charge in [0.05, 0.1) is 13.5 Å². The molecule has 5 heteroatoms. The van der Waals surface area contributed by atoms with Gasteiger partial charge in [0.15, 0.2) is 0 Å². The first-order valence-electron chi connectivity index (χ1n) is 7.71. The number of esters is 1. The molecule has 0 saturated carbocycles. The number of aryl methyl sites for hydroxylation is 1. The van der Waals surface area contributed by atoms with E-state index >= 15 is 0 Å². The first kappa shape index (κ1) is 16.5. The monoisotopic (exact) mass is 304 g/mol. The highest BCUT2D eigenvalue weighted by atomic mass is 16.5. The summed E-state index contributed by atoms with van der Waals surface area (Å²) in [5, 5.41) is 0. The highest BCUT2D eigenvalue weighted by molar-refractivity contribution is 5.81. The molecule has 1 aliphatic rings. The molecular formula is C17H24N2O3. The summed E-state index contributed by atoms with van der Waals surface area (Å²) < 4.78 is 4.56. The van der Waals surface area contributed by atoms with E-state index in [2.05, 4.69) is 40.8 Å². The Morgan fingerprint density at radius 3 is 2.27 bits per heavy atom. The van der Waals surface area contributed by atoms with Gasteiger partial charge in [-0.3, -0.25) is 14.5 Å². The minimum Gasteiger partial charge on any atom is -0.469 e. The zero-order valence-corrected chi connectivity index (χ0v) is 13.4. The van der Waals surface area contributed by atoms with E-state index in [1.807, 2.05) is 4.90 Å². The van der Waals surface area contributed by atoms with Crippen molar-refractivity contribution in [3.63, 3.8) is 0 Å². The third-order valence-corrected chi connectivity index (χ3v) is 4.02. The second kappa shape index (κ2) is 7.94. The van der Waals surface area contributed by atoms with Gasteiger partial charge in [-0.05, 0) is 12.5 Å². The Kier molecular flexibility index (Phi) is 5.95. The lowest BCUT2D eigenvalue weighted by molar-refractivity contribution is -0.144. The van der Waals surface area contributed by atoms with Gasteiger partial charge in [-0.1, -0.05) is 29.8 Å². The topological polar surface area (TPSA) is 49.9 Å². The molecule has 0 atom stereocenters. The molecule has 2 rings (SSSR count). The van der Waals surface area contributed by atoms with Gasteiger partial charge in [0.1, 0.15) is 0 Å². The van der Waals surface area contributed by atoms with Crippen molar-refractivity contribution in [1.29, 1.82) is 0 Å². The normalized spacial score (nSPS) is 15.6.